The Morgan fingerprint density at radius 2 is 2.07 bits per heavy atom. The normalized spacial score (nSPS) is 13.5. The topological polar surface area (TPSA) is 63.2 Å². The van der Waals surface area contributed by atoms with Gasteiger partial charge in [0.2, 0.25) is 16.3 Å². The van der Waals surface area contributed by atoms with Crippen molar-refractivity contribution in [3.63, 3.8) is 0 Å². The van der Waals surface area contributed by atoms with Crippen LogP contribution in [-0.2, 0) is 14.8 Å². The van der Waals surface area contributed by atoms with Gasteiger partial charge in [-0.05, 0) is 31.5 Å². The van der Waals surface area contributed by atoms with Crippen LogP contribution in [-0.4, -0.2) is 20.7 Å². The van der Waals surface area contributed by atoms with Crippen LogP contribution in [0.3, 0.4) is 0 Å². The van der Waals surface area contributed by atoms with Crippen molar-refractivity contribution in [1.82, 2.24) is 4.72 Å². The largest absolute Gasteiger partial charge is 0.289 e. The molecule has 5 heteroatoms. The number of nitrogens with one attached hydrogen (secondary N) is 1. The summed E-state index contributed by atoms with van der Waals surface area (Å²) in [5, 5.41) is 0. The maximum atomic E-state index is 11.7. The Kier molecular flexibility index (Phi) is 3.60. The maximum absolute atomic E-state index is 11.7. The van der Waals surface area contributed by atoms with Crippen molar-refractivity contribution < 1.29 is 13.2 Å². The third-order valence-electron chi connectivity index (χ3n) is 1.81. The van der Waals surface area contributed by atoms with E-state index in [4.69, 9.17) is 0 Å². The second-order valence-electron chi connectivity index (χ2n) is 3.28. The van der Waals surface area contributed by atoms with Gasteiger partial charge in [-0.2, -0.15) is 0 Å². The first-order valence-electron chi connectivity index (χ1n) is 4.42. The van der Waals surface area contributed by atoms with Gasteiger partial charge in [-0.3, -0.25) is 4.79 Å². The van der Waals surface area contributed by atoms with E-state index in [9.17, 15) is 13.2 Å². The molecule has 0 saturated heterocycles. The predicted molar refractivity (Wildman–Crippen MR) is 56.7 cm³/mol. The maximum Gasteiger partial charge on any atom is 0.241 e. The molecular weight excluding hydrogens is 214 g/mol. The molecule has 0 aliphatic heterocycles. The molecular formula is C10H12NO3S. The molecule has 0 aromatic heterocycles. The molecule has 0 heterocycles. The van der Waals surface area contributed by atoms with E-state index in [1.807, 2.05) is 0 Å². The van der Waals surface area contributed by atoms with Crippen LogP contribution in [0.25, 0.3) is 0 Å². The highest BCUT2D eigenvalue weighted by Crippen LogP contribution is 2.10. The van der Waals surface area contributed by atoms with E-state index in [0.29, 0.717) is 0 Å². The zero-order valence-electron chi connectivity index (χ0n) is 8.52. The van der Waals surface area contributed by atoms with Crippen LogP contribution in [0.1, 0.15) is 12.5 Å². The Labute approximate surface area is 89.4 Å². The molecule has 0 spiro atoms. The first kappa shape index (κ1) is 11.9. The van der Waals surface area contributed by atoms with Crippen molar-refractivity contribution in [3.05, 3.63) is 29.8 Å². The summed E-state index contributed by atoms with van der Waals surface area (Å²) in [6.45, 7) is 3.23. The van der Waals surface area contributed by atoms with Gasteiger partial charge in [-0.1, -0.05) is 12.1 Å². The summed E-state index contributed by atoms with van der Waals surface area (Å²) in [6, 6.07) is 5.63. The van der Waals surface area contributed by atoms with E-state index < -0.39 is 16.1 Å². The first-order chi connectivity index (χ1) is 6.95. The Balaban J connectivity index is 3.01. The average molecular weight is 226 g/mol. The van der Waals surface area contributed by atoms with Crippen LogP contribution in [0, 0.1) is 6.92 Å². The Hall–Kier alpha value is -1.20. The molecule has 0 amide bonds. The predicted octanol–water partition coefficient (Wildman–Crippen LogP) is 0.772. The van der Waals surface area contributed by atoms with E-state index in [0.717, 1.165) is 5.56 Å². The lowest BCUT2D eigenvalue weighted by molar-refractivity contribution is 0.533. The molecule has 81 valence electrons. The molecule has 0 unspecified atom stereocenters. The molecule has 1 radical (unpaired) electrons. The summed E-state index contributed by atoms with van der Waals surface area (Å²) in [6.07, 6.45) is 1.57. The second kappa shape index (κ2) is 4.55. The Morgan fingerprint density at radius 1 is 1.40 bits per heavy atom. The summed E-state index contributed by atoms with van der Waals surface area (Å²) in [5.74, 6) is 0. The van der Waals surface area contributed by atoms with Gasteiger partial charge in [0.25, 0.3) is 0 Å². The summed E-state index contributed by atoms with van der Waals surface area (Å²) in [5.41, 5.74) is 0.848. The minimum Gasteiger partial charge on any atom is -0.289 e. The van der Waals surface area contributed by atoms with Crippen molar-refractivity contribution in [1.29, 1.82) is 0 Å². The number of sulfonamides is 1. The van der Waals surface area contributed by atoms with E-state index >= 15 is 0 Å². The fourth-order valence-corrected chi connectivity index (χ4v) is 2.36. The lowest BCUT2D eigenvalue weighted by Gasteiger charge is -2.08. The molecule has 1 N–H and O–H groups in total. The van der Waals surface area contributed by atoms with E-state index in [1.165, 1.54) is 13.0 Å². The van der Waals surface area contributed by atoms with Crippen LogP contribution in [0.15, 0.2) is 29.2 Å². The van der Waals surface area contributed by atoms with Gasteiger partial charge >= 0.3 is 0 Å². The van der Waals surface area contributed by atoms with Crippen LogP contribution in [0.2, 0.25) is 0 Å². The minimum absolute atomic E-state index is 0.157. The van der Waals surface area contributed by atoms with Gasteiger partial charge in [0.15, 0.2) is 0 Å². The lowest BCUT2D eigenvalue weighted by Crippen LogP contribution is -2.33. The van der Waals surface area contributed by atoms with E-state index in [1.54, 1.807) is 31.4 Å². The minimum atomic E-state index is -3.61. The summed E-state index contributed by atoms with van der Waals surface area (Å²) >= 11 is 0. The molecule has 1 atom stereocenters. The highest BCUT2D eigenvalue weighted by molar-refractivity contribution is 7.89. The fraction of sp³-hybridized carbons (Fsp3) is 0.300. The molecule has 15 heavy (non-hydrogen) atoms. The van der Waals surface area contributed by atoms with Gasteiger partial charge in [-0.15, -0.1) is 0 Å². The molecule has 1 aromatic carbocycles. The van der Waals surface area contributed by atoms with Crippen LogP contribution < -0.4 is 4.72 Å². The number of hydrogen-bond donors (Lipinski definition) is 1. The molecule has 0 aliphatic carbocycles. The van der Waals surface area contributed by atoms with Crippen molar-refractivity contribution in [2.24, 2.45) is 0 Å². The third-order valence-corrected chi connectivity index (χ3v) is 3.35. The molecule has 0 fully saturated rings. The zero-order chi connectivity index (χ0) is 11.5. The number of carbonyl (C=O) groups excluding carboxylic acids is 1. The second-order valence-corrected chi connectivity index (χ2v) is 4.99. The van der Waals surface area contributed by atoms with Gasteiger partial charge in [-0.25, -0.2) is 13.1 Å². The van der Waals surface area contributed by atoms with Gasteiger partial charge in [0.1, 0.15) is 0 Å². The number of benzene rings is 1. The van der Waals surface area contributed by atoms with Gasteiger partial charge in [0.05, 0.1) is 10.9 Å². The molecule has 1 rings (SSSR count). The van der Waals surface area contributed by atoms with E-state index in [-0.39, 0.29) is 4.90 Å². The quantitative estimate of drug-likeness (QED) is 0.824. The lowest BCUT2D eigenvalue weighted by atomic mass is 10.2. The molecule has 0 saturated carbocycles. The number of rotatable bonds is 4. The highest BCUT2D eigenvalue weighted by atomic mass is 32.2. The van der Waals surface area contributed by atoms with Crippen LogP contribution in [0.5, 0.6) is 0 Å². The summed E-state index contributed by atoms with van der Waals surface area (Å²) in [4.78, 5) is 10.4. The number of hydrogen-bond acceptors (Lipinski definition) is 3. The van der Waals surface area contributed by atoms with Crippen molar-refractivity contribution >= 4 is 16.3 Å². The first-order valence-corrected chi connectivity index (χ1v) is 5.90. The molecule has 0 aliphatic rings. The average Bonchev–Trinajstić information content (AvgIpc) is 2.17. The van der Waals surface area contributed by atoms with Crippen molar-refractivity contribution in [3.8, 4) is 0 Å². The molecule has 4 nitrogen and oxygen atoms in total. The molecule has 1 aromatic rings. The fourth-order valence-electron chi connectivity index (χ4n) is 1.11. The van der Waals surface area contributed by atoms with E-state index in [2.05, 4.69) is 4.72 Å². The van der Waals surface area contributed by atoms with Crippen LogP contribution in [0.4, 0.5) is 0 Å². The monoisotopic (exact) mass is 226 g/mol. The Morgan fingerprint density at radius 3 is 2.60 bits per heavy atom. The Bertz CT molecular complexity index is 453. The standard InChI is InChI=1S/C10H12NO3S/c1-8-4-3-5-10(6-8)15(13,14)11-9(2)7-12/h3-6,9,11H,1-2H3/t9-/m0/s1. The smallest absolute Gasteiger partial charge is 0.241 e. The van der Waals surface area contributed by atoms with Gasteiger partial charge in [0, 0.05) is 0 Å². The third kappa shape index (κ3) is 3.14. The molecule has 0 bridgehead atoms. The van der Waals surface area contributed by atoms with Crippen molar-refractivity contribution in [2.75, 3.05) is 0 Å². The SMILES string of the molecule is Cc1cccc(S(=O)(=O)N[C@@H](C)[C]=O)c1. The zero-order valence-corrected chi connectivity index (χ0v) is 9.34. The van der Waals surface area contributed by atoms with Gasteiger partial charge < -0.3 is 0 Å². The summed E-state index contributed by atoms with van der Waals surface area (Å²) in [7, 11) is -3.61. The summed E-state index contributed by atoms with van der Waals surface area (Å²) < 4.78 is 25.5. The van der Waals surface area contributed by atoms with Crippen LogP contribution >= 0.6 is 0 Å². The number of aryl methyl sites for hydroxylation is 1. The van der Waals surface area contributed by atoms with Crippen molar-refractivity contribution in [2.45, 2.75) is 24.8 Å². The highest BCUT2D eigenvalue weighted by Gasteiger charge is 2.16.